The first-order valence-electron chi connectivity index (χ1n) is 8.35. The number of fused-ring (bicyclic) bond motifs is 1. The number of ether oxygens (including phenoxy) is 4. The zero-order valence-electron chi connectivity index (χ0n) is 13.9. The molecule has 0 bridgehead atoms. The fourth-order valence-corrected chi connectivity index (χ4v) is 3.21. The van der Waals surface area contributed by atoms with Gasteiger partial charge in [0.1, 0.15) is 6.10 Å². The van der Waals surface area contributed by atoms with Crippen LogP contribution in [0.15, 0.2) is 43.0 Å². The van der Waals surface area contributed by atoms with E-state index in [0.29, 0.717) is 6.61 Å². The largest absolute Gasteiger partial charge is 0.371 e. The van der Waals surface area contributed by atoms with Crippen LogP contribution in [0.1, 0.15) is 38.7 Å². The Hall–Kier alpha value is -1.20. The van der Waals surface area contributed by atoms with Gasteiger partial charge >= 0.3 is 0 Å². The van der Waals surface area contributed by atoms with E-state index >= 15 is 0 Å². The van der Waals surface area contributed by atoms with Gasteiger partial charge in [0, 0.05) is 6.42 Å². The highest BCUT2D eigenvalue weighted by Crippen LogP contribution is 2.39. The Morgan fingerprint density at radius 2 is 2.09 bits per heavy atom. The molecule has 0 aliphatic carbocycles. The molecule has 4 heteroatoms. The fraction of sp³-hybridized carbons (Fsp3) is 0.579. The molecule has 2 aliphatic heterocycles. The van der Waals surface area contributed by atoms with E-state index in [-0.39, 0.29) is 24.6 Å². The second kappa shape index (κ2) is 7.14. The lowest BCUT2D eigenvalue weighted by Crippen LogP contribution is -2.32. The summed E-state index contributed by atoms with van der Waals surface area (Å²) in [6.45, 7) is 8.24. The summed E-state index contributed by atoms with van der Waals surface area (Å²) in [7, 11) is 0. The van der Waals surface area contributed by atoms with Crippen molar-refractivity contribution in [1.29, 1.82) is 0 Å². The number of hydrogen-bond acceptors (Lipinski definition) is 4. The zero-order chi connectivity index (χ0) is 16.3. The van der Waals surface area contributed by atoms with Gasteiger partial charge in [-0.25, -0.2) is 0 Å². The van der Waals surface area contributed by atoms with Gasteiger partial charge in [-0.2, -0.15) is 0 Å². The third kappa shape index (κ3) is 4.21. The predicted octanol–water partition coefficient (Wildman–Crippen LogP) is 3.80. The summed E-state index contributed by atoms with van der Waals surface area (Å²) < 4.78 is 23.9. The quantitative estimate of drug-likeness (QED) is 0.717. The van der Waals surface area contributed by atoms with Gasteiger partial charge in [-0.15, -0.1) is 6.58 Å². The maximum Gasteiger partial charge on any atom is 0.187 e. The van der Waals surface area contributed by atoms with Gasteiger partial charge in [-0.1, -0.05) is 36.4 Å². The lowest BCUT2D eigenvalue weighted by Gasteiger charge is -2.26. The van der Waals surface area contributed by atoms with E-state index in [9.17, 15) is 0 Å². The minimum atomic E-state index is -0.554. The standard InChI is InChI=1S/C19H26O4/c1-4-5-11-15(20-13-14-9-7-6-8-10-14)16-12-17-18(21-16)23-19(2,3)22-17/h4,6-10,15-18H,1,5,11-13H2,2-3H3/t15-,16+,17+,18+/m0/s1. The second-order valence-electron chi connectivity index (χ2n) is 6.65. The summed E-state index contributed by atoms with van der Waals surface area (Å²) in [6, 6.07) is 10.2. The minimum Gasteiger partial charge on any atom is -0.371 e. The molecule has 2 saturated heterocycles. The van der Waals surface area contributed by atoms with Crippen LogP contribution < -0.4 is 0 Å². The van der Waals surface area contributed by atoms with Gasteiger partial charge in [0.2, 0.25) is 0 Å². The lowest BCUT2D eigenvalue weighted by atomic mass is 10.0. The van der Waals surface area contributed by atoms with E-state index in [2.05, 4.69) is 18.7 Å². The molecule has 126 valence electrons. The molecule has 0 radical (unpaired) electrons. The highest BCUT2D eigenvalue weighted by molar-refractivity contribution is 5.13. The van der Waals surface area contributed by atoms with Gasteiger partial charge in [-0.3, -0.25) is 0 Å². The SMILES string of the molecule is C=CCC[C@H](OCc1ccccc1)[C@H]1C[C@H]2OC(C)(C)O[C@H]2O1. The second-order valence-corrected chi connectivity index (χ2v) is 6.65. The average molecular weight is 318 g/mol. The monoisotopic (exact) mass is 318 g/mol. The smallest absolute Gasteiger partial charge is 0.187 e. The first-order chi connectivity index (χ1) is 11.1. The molecule has 3 rings (SSSR count). The van der Waals surface area contributed by atoms with E-state index in [1.165, 1.54) is 5.56 Å². The van der Waals surface area contributed by atoms with Crippen molar-refractivity contribution in [2.75, 3.05) is 0 Å². The first kappa shape index (κ1) is 16.7. The Bertz CT molecular complexity index is 497. The number of rotatable bonds is 7. The van der Waals surface area contributed by atoms with Crippen LogP contribution in [0.5, 0.6) is 0 Å². The van der Waals surface area contributed by atoms with Crippen molar-refractivity contribution in [2.45, 2.75) is 70.1 Å². The van der Waals surface area contributed by atoms with Gasteiger partial charge < -0.3 is 18.9 Å². The topological polar surface area (TPSA) is 36.9 Å². The Balaban J connectivity index is 1.58. The van der Waals surface area contributed by atoms with Crippen LogP contribution in [0.2, 0.25) is 0 Å². The molecule has 2 aliphatic rings. The number of benzene rings is 1. The summed E-state index contributed by atoms with van der Waals surface area (Å²) >= 11 is 0. The molecular formula is C19H26O4. The third-order valence-electron chi connectivity index (χ3n) is 4.29. The molecule has 23 heavy (non-hydrogen) atoms. The maximum absolute atomic E-state index is 6.15. The molecular weight excluding hydrogens is 292 g/mol. The molecule has 0 aromatic heterocycles. The van der Waals surface area contributed by atoms with Gasteiger partial charge in [0.25, 0.3) is 0 Å². The van der Waals surface area contributed by atoms with E-state index in [1.54, 1.807) is 0 Å². The molecule has 0 N–H and O–H groups in total. The van der Waals surface area contributed by atoms with Gasteiger partial charge in [0.05, 0.1) is 18.8 Å². The van der Waals surface area contributed by atoms with Crippen molar-refractivity contribution < 1.29 is 18.9 Å². The summed E-state index contributed by atoms with van der Waals surface area (Å²) in [6.07, 6.45) is 4.28. The molecule has 0 spiro atoms. The minimum absolute atomic E-state index is 0.00144. The van der Waals surface area contributed by atoms with Crippen molar-refractivity contribution in [3.8, 4) is 0 Å². The van der Waals surface area contributed by atoms with E-state index in [0.717, 1.165) is 19.3 Å². The Morgan fingerprint density at radius 1 is 1.30 bits per heavy atom. The van der Waals surface area contributed by atoms with Crippen LogP contribution in [0.25, 0.3) is 0 Å². The van der Waals surface area contributed by atoms with E-state index in [4.69, 9.17) is 18.9 Å². The first-order valence-corrected chi connectivity index (χ1v) is 8.35. The summed E-state index contributed by atoms with van der Waals surface area (Å²) in [5.74, 6) is -0.554. The Morgan fingerprint density at radius 3 is 2.78 bits per heavy atom. The lowest BCUT2D eigenvalue weighted by molar-refractivity contribution is -0.218. The van der Waals surface area contributed by atoms with Crippen molar-refractivity contribution in [3.05, 3.63) is 48.6 Å². The normalized spacial score (nSPS) is 30.1. The van der Waals surface area contributed by atoms with Crippen molar-refractivity contribution in [2.24, 2.45) is 0 Å². The number of hydrogen-bond donors (Lipinski definition) is 0. The van der Waals surface area contributed by atoms with Crippen LogP contribution >= 0.6 is 0 Å². The molecule has 0 saturated carbocycles. The van der Waals surface area contributed by atoms with E-state index < -0.39 is 5.79 Å². The summed E-state index contributed by atoms with van der Waals surface area (Å²) in [5.41, 5.74) is 1.17. The highest BCUT2D eigenvalue weighted by Gasteiger charge is 2.50. The van der Waals surface area contributed by atoms with Crippen LogP contribution in [-0.4, -0.2) is 30.4 Å². The fourth-order valence-electron chi connectivity index (χ4n) is 3.21. The molecule has 4 nitrogen and oxygen atoms in total. The molecule has 0 unspecified atom stereocenters. The van der Waals surface area contributed by atoms with Gasteiger partial charge in [-0.05, 0) is 32.3 Å². The summed E-state index contributed by atoms with van der Waals surface area (Å²) in [5, 5.41) is 0. The molecule has 2 heterocycles. The van der Waals surface area contributed by atoms with Crippen LogP contribution in [0, 0.1) is 0 Å². The predicted molar refractivity (Wildman–Crippen MR) is 87.8 cm³/mol. The van der Waals surface area contributed by atoms with Crippen molar-refractivity contribution in [3.63, 3.8) is 0 Å². The Labute approximate surface area is 138 Å². The van der Waals surface area contributed by atoms with Gasteiger partial charge in [0.15, 0.2) is 12.1 Å². The molecule has 2 fully saturated rings. The molecule has 1 aromatic carbocycles. The Kier molecular flexibility index (Phi) is 5.17. The van der Waals surface area contributed by atoms with E-state index in [1.807, 2.05) is 38.1 Å². The van der Waals surface area contributed by atoms with Crippen LogP contribution in [0.4, 0.5) is 0 Å². The highest BCUT2D eigenvalue weighted by atomic mass is 16.8. The molecule has 1 aromatic rings. The average Bonchev–Trinajstić information content (AvgIpc) is 3.02. The molecule has 0 amide bonds. The zero-order valence-corrected chi connectivity index (χ0v) is 13.9. The van der Waals surface area contributed by atoms with Crippen molar-refractivity contribution in [1.82, 2.24) is 0 Å². The van der Waals surface area contributed by atoms with Crippen LogP contribution in [-0.2, 0) is 25.6 Å². The third-order valence-corrected chi connectivity index (χ3v) is 4.29. The maximum atomic E-state index is 6.15. The molecule has 4 atom stereocenters. The number of allylic oxidation sites excluding steroid dienone is 1. The van der Waals surface area contributed by atoms with Crippen molar-refractivity contribution >= 4 is 0 Å². The summed E-state index contributed by atoms with van der Waals surface area (Å²) in [4.78, 5) is 0. The van der Waals surface area contributed by atoms with Crippen LogP contribution in [0.3, 0.4) is 0 Å².